The Balaban J connectivity index is 1.68. The molecule has 1 aliphatic heterocycles. The van der Waals surface area contributed by atoms with E-state index in [1.807, 2.05) is 32.0 Å². The van der Waals surface area contributed by atoms with Gasteiger partial charge in [-0.05, 0) is 61.4 Å². The number of anilines is 1. The van der Waals surface area contributed by atoms with Crippen LogP contribution in [0, 0.1) is 13.8 Å². The van der Waals surface area contributed by atoms with Gasteiger partial charge in [-0.2, -0.15) is 4.31 Å². The number of rotatable bonds is 7. The van der Waals surface area contributed by atoms with Crippen LogP contribution in [-0.4, -0.2) is 50.2 Å². The summed E-state index contributed by atoms with van der Waals surface area (Å²) in [5, 5.41) is 2.89. The second-order valence-corrected chi connectivity index (χ2v) is 9.70. The summed E-state index contributed by atoms with van der Waals surface area (Å²) >= 11 is 0. The monoisotopic (exact) mass is 443 g/mol. The molecule has 0 aromatic heterocycles. The quantitative estimate of drug-likeness (QED) is 0.713. The summed E-state index contributed by atoms with van der Waals surface area (Å²) in [4.78, 5) is 27.0. The molecule has 1 N–H and O–H groups in total. The van der Waals surface area contributed by atoms with Crippen molar-refractivity contribution in [1.82, 2.24) is 9.62 Å². The molecule has 0 spiro atoms. The molecule has 1 aliphatic rings. The zero-order valence-electron chi connectivity index (χ0n) is 18.4. The van der Waals surface area contributed by atoms with Crippen LogP contribution in [0.1, 0.15) is 41.8 Å². The molecule has 3 rings (SSSR count). The Labute approximate surface area is 184 Å². The highest BCUT2D eigenvalue weighted by atomic mass is 32.2. The van der Waals surface area contributed by atoms with Gasteiger partial charge in [-0.25, -0.2) is 8.42 Å². The first kappa shape index (κ1) is 23.0. The van der Waals surface area contributed by atoms with Crippen molar-refractivity contribution in [2.24, 2.45) is 0 Å². The molecular weight excluding hydrogens is 414 g/mol. The molecule has 0 saturated carbocycles. The molecule has 2 aromatic rings. The number of sulfonamides is 1. The molecule has 0 bridgehead atoms. The Morgan fingerprint density at radius 3 is 2.29 bits per heavy atom. The van der Waals surface area contributed by atoms with Gasteiger partial charge in [0.05, 0.1) is 10.9 Å². The highest BCUT2D eigenvalue weighted by Crippen LogP contribution is 2.24. The van der Waals surface area contributed by atoms with Gasteiger partial charge in [0.2, 0.25) is 15.9 Å². The second kappa shape index (κ2) is 9.20. The number of nitrogens with zero attached hydrogens (tertiary/aromatic N) is 2. The molecule has 0 radical (unpaired) electrons. The molecule has 1 heterocycles. The average Bonchev–Trinajstić information content (AvgIpc) is 3.10. The first-order valence-corrected chi connectivity index (χ1v) is 11.9. The Hall–Kier alpha value is -2.71. The highest BCUT2D eigenvalue weighted by molar-refractivity contribution is 7.89. The minimum absolute atomic E-state index is 0.0331. The van der Waals surface area contributed by atoms with Crippen molar-refractivity contribution in [3.05, 3.63) is 59.2 Å². The van der Waals surface area contributed by atoms with Crippen molar-refractivity contribution in [3.8, 4) is 0 Å². The number of carbonyl (C=O) groups is 2. The minimum Gasteiger partial charge on any atom is -0.347 e. The first-order chi connectivity index (χ1) is 14.7. The Morgan fingerprint density at radius 1 is 1.06 bits per heavy atom. The van der Waals surface area contributed by atoms with Crippen molar-refractivity contribution in [2.45, 2.75) is 45.1 Å². The lowest BCUT2D eigenvalue weighted by Crippen LogP contribution is -2.37. The predicted molar refractivity (Wildman–Crippen MR) is 121 cm³/mol. The Bertz CT molecular complexity index is 1080. The van der Waals surface area contributed by atoms with E-state index in [9.17, 15) is 18.0 Å². The minimum atomic E-state index is -3.57. The zero-order chi connectivity index (χ0) is 22.8. The topological polar surface area (TPSA) is 86.8 Å². The van der Waals surface area contributed by atoms with Crippen molar-refractivity contribution in [3.63, 3.8) is 0 Å². The third-order valence-electron chi connectivity index (χ3n) is 5.72. The van der Waals surface area contributed by atoms with E-state index < -0.39 is 10.0 Å². The molecule has 166 valence electrons. The van der Waals surface area contributed by atoms with Crippen molar-refractivity contribution in [2.75, 3.05) is 24.5 Å². The fourth-order valence-electron chi connectivity index (χ4n) is 3.71. The van der Waals surface area contributed by atoms with Crippen LogP contribution in [0.3, 0.4) is 0 Å². The molecule has 8 heteroatoms. The average molecular weight is 444 g/mol. The molecule has 7 nitrogen and oxygen atoms in total. The van der Waals surface area contributed by atoms with Crippen LogP contribution in [0.15, 0.2) is 47.4 Å². The summed E-state index contributed by atoms with van der Waals surface area (Å²) in [7, 11) is -3.57. The predicted octanol–water partition coefficient (Wildman–Crippen LogP) is 2.87. The van der Waals surface area contributed by atoms with Gasteiger partial charge in [-0.15, -0.1) is 0 Å². The van der Waals surface area contributed by atoms with E-state index in [1.165, 1.54) is 28.6 Å². The van der Waals surface area contributed by atoms with E-state index in [1.54, 1.807) is 18.7 Å². The molecule has 2 amide bonds. The van der Waals surface area contributed by atoms with Crippen LogP contribution >= 0.6 is 0 Å². The van der Waals surface area contributed by atoms with E-state index in [4.69, 9.17) is 0 Å². The summed E-state index contributed by atoms with van der Waals surface area (Å²) in [6, 6.07) is 11.5. The normalized spacial score (nSPS) is 16.7. The smallest absolute Gasteiger partial charge is 0.251 e. The van der Waals surface area contributed by atoms with Gasteiger partial charge >= 0.3 is 0 Å². The number of carbonyl (C=O) groups excluding carboxylic acids is 2. The third-order valence-corrected chi connectivity index (χ3v) is 7.79. The van der Waals surface area contributed by atoms with E-state index in [0.29, 0.717) is 25.2 Å². The van der Waals surface area contributed by atoms with Gasteiger partial charge < -0.3 is 10.2 Å². The number of hydrogen-bond donors (Lipinski definition) is 1. The van der Waals surface area contributed by atoms with E-state index in [0.717, 1.165) is 16.8 Å². The molecule has 1 saturated heterocycles. The maximum absolute atomic E-state index is 12.7. The highest BCUT2D eigenvalue weighted by Gasteiger charge is 2.32. The maximum Gasteiger partial charge on any atom is 0.251 e. The number of nitrogens with one attached hydrogen (secondary N) is 1. The zero-order valence-corrected chi connectivity index (χ0v) is 19.2. The van der Waals surface area contributed by atoms with Gasteiger partial charge in [-0.1, -0.05) is 19.9 Å². The fourth-order valence-corrected chi connectivity index (χ4v) is 5.16. The third kappa shape index (κ3) is 4.80. The van der Waals surface area contributed by atoms with Gasteiger partial charge in [0.15, 0.2) is 0 Å². The summed E-state index contributed by atoms with van der Waals surface area (Å²) in [5.41, 5.74) is 3.45. The number of benzene rings is 2. The lowest BCUT2D eigenvalue weighted by Gasteiger charge is -2.19. The Kier molecular flexibility index (Phi) is 6.81. The largest absolute Gasteiger partial charge is 0.347 e. The number of aryl methyl sites for hydroxylation is 2. The van der Waals surface area contributed by atoms with Crippen LogP contribution in [0.2, 0.25) is 0 Å². The van der Waals surface area contributed by atoms with Crippen LogP contribution < -0.4 is 10.2 Å². The Morgan fingerprint density at radius 2 is 1.71 bits per heavy atom. The fraction of sp³-hybridized carbons (Fsp3) is 0.391. The van der Waals surface area contributed by atoms with Crippen LogP contribution in [0.5, 0.6) is 0 Å². The van der Waals surface area contributed by atoms with Crippen molar-refractivity contribution in [1.29, 1.82) is 0 Å². The molecule has 1 fully saturated rings. The van der Waals surface area contributed by atoms with E-state index in [-0.39, 0.29) is 29.2 Å². The SMILES string of the molecule is CCN(CC)S(=O)(=O)c1ccc(C(=O)NC2CC(=O)N(c3ccc(C)c(C)c3)C2)cc1. The second-order valence-electron chi connectivity index (χ2n) is 7.76. The lowest BCUT2D eigenvalue weighted by atomic mass is 10.1. The van der Waals surface area contributed by atoms with Crippen molar-refractivity contribution >= 4 is 27.5 Å². The van der Waals surface area contributed by atoms with Gasteiger partial charge in [0.25, 0.3) is 5.91 Å². The maximum atomic E-state index is 12.7. The lowest BCUT2D eigenvalue weighted by molar-refractivity contribution is -0.117. The molecule has 31 heavy (non-hydrogen) atoms. The van der Waals surface area contributed by atoms with Gasteiger partial charge in [0, 0.05) is 37.3 Å². The molecular formula is C23H29N3O4S. The van der Waals surface area contributed by atoms with Crippen LogP contribution in [-0.2, 0) is 14.8 Å². The van der Waals surface area contributed by atoms with Gasteiger partial charge in [-0.3, -0.25) is 9.59 Å². The van der Waals surface area contributed by atoms with Crippen molar-refractivity contribution < 1.29 is 18.0 Å². The van der Waals surface area contributed by atoms with Gasteiger partial charge in [0.1, 0.15) is 0 Å². The van der Waals surface area contributed by atoms with E-state index >= 15 is 0 Å². The first-order valence-electron chi connectivity index (χ1n) is 10.5. The standard InChI is InChI=1S/C23H29N3O4S/c1-5-25(6-2)31(29,30)21-11-8-18(9-12-21)23(28)24-19-14-22(27)26(15-19)20-10-7-16(3)17(4)13-20/h7-13,19H,5-6,14-15H2,1-4H3,(H,24,28). The summed E-state index contributed by atoms with van der Waals surface area (Å²) in [6.45, 7) is 8.76. The van der Waals surface area contributed by atoms with Crippen LogP contribution in [0.4, 0.5) is 5.69 Å². The summed E-state index contributed by atoms with van der Waals surface area (Å²) in [6.07, 6.45) is 0.229. The summed E-state index contributed by atoms with van der Waals surface area (Å²) < 4.78 is 26.5. The van der Waals surface area contributed by atoms with E-state index in [2.05, 4.69) is 5.32 Å². The summed E-state index contributed by atoms with van der Waals surface area (Å²) in [5.74, 6) is -0.360. The molecule has 0 aliphatic carbocycles. The number of amides is 2. The number of hydrogen-bond acceptors (Lipinski definition) is 4. The van der Waals surface area contributed by atoms with Crippen LogP contribution in [0.25, 0.3) is 0 Å². The molecule has 2 aromatic carbocycles. The molecule has 1 unspecified atom stereocenters. The molecule has 1 atom stereocenters.